The molecular formula is C10H21N. The molecule has 0 radical (unpaired) electrons. The fourth-order valence-corrected chi connectivity index (χ4v) is 1.69. The Kier molecular flexibility index (Phi) is 3.28. The van der Waals surface area contributed by atoms with E-state index in [0.29, 0.717) is 5.41 Å². The molecule has 0 aromatic rings. The summed E-state index contributed by atoms with van der Waals surface area (Å²) in [6.45, 7) is 13.1. The first kappa shape index (κ1) is 10.7. The summed E-state index contributed by atoms with van der Waals surface area (Å²) in [4.78, 5) is 4.42. The molecule has 0 rings (SSSR count). The van der Waals surface area contributed by atoms with Crippen molar-refractivity contribution in [1.29, 1.82) is 0 Å². The van der Waals surface area contributed by atoms with E-state index < -0.39 is 0 Å². The van der Waals surface area contributed by atoms with Gasteiger partial charge in [0.25, 0.3) is 0 Å². The van der Waals surface area contributed by atoms with Gasteiger partial charge in [0.05, 0.1) is 5.54 Å². The second kappa shape index (κ2) is 3.38. The van der Waals surface area contributed by atoms with Crippen molar-refractivity contribution in [3.05, 3.63) is 0 Å². The molecule has 0 spiro atoms. The summed E-state index contributed by atoms with van der Waals surface area (Å²) in [6.07, 6.45) is 3.02. The maximum atomic E-state index is 4.42. The van der Waals surface area contributed by atoms with Gasteiger partial charge in [0.2, 0.25) is 0 Å². The Morgan fingerprint density at radius 1 is 1.09 bits per heavy atom. The normalized spacial score (nSPS) is 14.4. The van der Waals surface area contributed by atoms with E-state index in [1.807, 2.05) is 13.1 Å². The Balaban J connectivity index is 4.13. The van der Waals surface area contributed by atoms with Gasteiger partial charge in [0, 0.05) is 0 Å². The van der Waals surface area contributed by atoms with Gasteiger partial charge in [0.1, 0.15) is 0 Å². The van der Waals surface area contributed by atoms with Gasteiger partial charge in [-0.2, -0.15) is 0 Å². The van der Waals surface area contributed by atoms with Crippen molar-refractivity contribution in [3.8, 4) is 0 Å². The largest absolute Gasteiger partial charge is 0.292 e. The summed E-state index contributed by atoms with van der Waals surface area (Å²) in [6, 6.07) is 0. The van der Waals surface area contributed by atoms with Crippen LogP contribution in [0.5, 0.6) is 0 Å². The van der Waals surface area contributed by atoms with Crippen molar-refractivity contribution < 1.29 is 0 Å². The van der Waals surface area contributed by atoms with Gasteiger partial charge in [-0.1, -0.05) is 20.8 Å². The molecular weight excluding hydrogens is 134 g/mol. The standard InChI is InChI=1S/C10H21N/c1-7-11-10(5,6)8-9(2,3)4/h7H,8H2,1-6H3. The Morgan fingerprint density at radius 3 is 1.82 bits per heavy atom. The molecule has 0 fully saturated rings. The molecule has 0 aliphatic heterocycles. The number of nitrogens with zero attached hydrogens (tertiary/aromatic N) is 1. The molecule has 0 aliphatic carbocycles. The molecule has 0 aromatic carbocycles. The Labute approximate surface area is 70.9 Å². The maximum absolute atomic E-state index is 4.42. The first-order valence-electron chi connectivity index (χ1n) is 4.27. The maximum Gasteiger partial charge on any atom is 0.0553 e. The number of hydrogen-bond acceptors (Lipinski definition) is 1. The molecule has 0 bridgehead atoms. The number of aliphatic imine (C=N–C) groups is 1. The summed E-state index contributed by atoms with van der Waals surface area (Å²) in [5.41, 5.74) is 0.475. The Bertz CT molecular complexity index is 137. The van der Waals surface area contributed by atoms with Gasteiger partial charge in [-0.05, 0) is 38.8 Å². The van der Waals surface area contributed by atoms with E-state index >= 15 is 0 Å². The zero-order valence-corrected chi connectivity index (χ0v) is 8.73. The summed E-state index contributed by atoms with van der Waals surface area (Å²) < 4.78 is 0. The van der Waals surface area contributed by atoms with Crippen LogP contribution in [0.1, 0.15) is 48.0 Å². The van der Waals surface area contributed by atoms with Crippen molar-refractivity contribution in [2.45, 2.75) is 53.5 Å². The zero-order valence-electron chi connectivity index (χ0n) is 8.73. The van der Waals surface area contributed by atoms with Gasteiger partial charge in [-0.25, -0.2) is 0 Å². The van der Waals surface area contributed by atoms with E-state index in [2.05, 4.69) is 39.6 Å². The zero-order chi connectivity index (χ0) is 9.12. The average molecular weight is 155 g/mol. The second-order valence-electron chi connectivity index (χ2n) is 4.94. The van der Waals surface area contributed by atoms with E-state index in [4.69, 9.17) is 0 Å². The van der Waals surface area contributed by atoms with Crippen LogP contribution in [0.2, 0.25) is 0 Å². The highest BCUT2D eigenvalue weighted by atomic mass is 14.8. The van der Waals surface area contributed by atoms with Crippen LogP contribution in [0, 0.1) is 5.41 Å². The lowest BCUT2D eigenvalue weighted by Gasteiger charge is -2.28. The Morgan fingerprint density at radius 2 is 1.55 bits per heavy atom. The molecule has 0 unspecified atom stereocenters. The van der Waals surface area contributed by atoms with Crippen LogP contribution >= 0.6 is 0 Å². The topological polar surface area (TPSA) is 12.4 Å². The monoisotopic (exact) mass is 155 g/mol. The van der Waals surface area contributed by atoms with E-state index in [-0.39, 0.29) is 5.54 Å². The van der Waals surface area contributed by atoms with Crippen molar-refractivity contribution in [2.24, 2.45) is 10.4 Å². The summed E-state index contributed by atoms with van der Waals surface area (Å²) in [7, 11) is 0. The highest BCUT2D eigenvalue weighted by Crippen LogP contribution is 2.28. The van der Waals surface area contributed by atoms with Crippen LogP contribution in [0.15, 0.2) is 4.99 Å². The molecule has 0 saturated heterocycles. The highest BCUT2D eigenvalue weighted by Gasteiger charge is 2.23. The number of rotatable bonds is 2. The highest BCUT2D eigenvalue weighted by molar-refractivity contribution is 5.54. The van der Waals surface area contributed by atoms with E-state index in [9.17, 15) is 0 Å². The summed E-state index contributed by atoms with van der Waals surface area (Å²) in [5.74, 6) is 0. The predicted octanol–water partition coefficient (Wildman–Crippen LogP) is 3.29. The van der Waals surface area contributed by atoms with Crippen LogP contribution in [0.25, 0.3) is 0 Å². The van der Waals surface area contributed by atoms with Gasteiger partial charge >= 0.3 is 0 Å². The molecule has 1 nitrogen and oxygen atoms in total. The number of hydrogen-bond donors (Lipinski definition) is 0. The fourth-order valence-electron chi connectivity index (χ4n) is 1.69. The van der Waals surface area contributed by atoms with Gasteiger partial charge < -0.3 is 0 Å². The lowest BCUT2D eigenvalue weighted by atomic mass is 9.82. The first-order chi connectivity index (χ1) is 4.77. The van der Waals surface area contributed by atoms with E-state index in [1.54, 1.807) is 0 Å². The average Bonchev–Trinajstić information content (AvgIpc) is 1.55. The predicted molar refractivity (Wildman–Crippen MR) is 52.3 cm³/mol. The van der Waals surface area contributed by atoms with Crippen LogP contribution < -0.4 is 0 Å². The fraction of sp³-hybridized carbons (Fsp3) is 0.900. The third-order valence-electron chi connectivity index (χ3n) is 1.44. The molecule has 11 heavy (non-hydrogen) atoms. The van der Waals surface area contributed by atoms with Gasteiger partial charge in [-0.15, -0.1) is 0 Å². The quantitative estimate of drug-likeness (QED) is 0.543. The van der Waals surface area contributed by atoms with Crippen molar-refractivity contribution in [1.82, 2.24) is 0 Å². The third-order valence-corrected chi connectivity index (χ3v) is 1.44. The molecule has 66 valence electrons. The van der Waals surface area contributed by atoms with Crippen molar-refractivity contribution >= 4 is 6.21 Å². The van der Waals surface area contributed by atoms with Crippen LogP contribution in [-0.4, -0.2) is 11.8 Å². The molecule has 0 atom stereocenters. The smallest absolute Gasteiger partial charge is 0.0553 e. The molecule has 0 saturated carbocycles. The lowest BCUT2D eigenvalue weighted by molar-refractivity contribution is 0.289. The Hall–Kier alpha value is -0.330. The molecule has 1 heteroatoms. The van der Waals surface area contributed by atoms with Crippen molar-refractivity contribution in [2.75, 3.05) is 0 Å². The molecule has 0 heterocycles. The lowest BCUT2D eigenvalue weighted by Crippen LogP contribution is -2.24. The SMILES string of the molecule is CC=NC(C)(C)CC(C)(C)C. The van der Waals surface area contributed by atoms with E-state index in [1.165, 1.54) is 0 Å². The summed E-state index contributed by atoms with van der Waals surface area (Å²) >= 11 is 0. The molecule has 0 amide bonds. The minimum absolute atomic E-state index is 0.104. The second-order valence-corrected chi connectivity index (χ2v) is 4.94. The third kappa shape index (κ3) is 6.08. The summed E-state index contributed by atoms with van der Waals surface area (Å²) in [5, 5.41) is 0. The molecule has 0 aromatic heterocycles. The van der Waals surface area contributed by atoms with E-state index in [0.717, 1.165) is 6.42 Å². The van der Waals surface area contributed by atoms with Crippen LogP contribution in [-0.2, 0) is 0 Å². The minimum Gasteiger partial charge on any atom is -0.292 e. The molecule has 0 aliphatic rings. The van der Waals surface area contributed by atoms with Gasteiger partial charge in [-0.3, -0.25) is 4.99 Å². The first-order valence-corrected chi connectivity index (χ1v) is 4.27. The minimum atomic E-state index is 0.104. The van der Waals surface area contributed by atoms with Crippen LogP contribution in [0.3, 0.4) is 0 Å². The van der Waals surface area contributed by atoms with Crippen LogP contribution in [0.4, 0.5) is 0 Å². The molecule has 0 N–H and O–H groups in total. The van der Waals surface area contributed by atoms with Crippen molar-refractivity contribution in [3.63, 3.8) is 0 Å². The van der Waals surface area contributed by atoms with Gasteiger partial charge in [0.15, 0.2) is 0 Å².